The van der Waals surface area contributed by atoms with Crippen LogP contribution in [0.25, 0.3) is 110 Å². The normalized spacial score (nSPS) is 13.6. The molecule has 0 saturated heterocycles. The standard InChI is InChI=1S/C56H36N4/c1-34-38-17-5-6-18-39(38)41-30-28-37(32-47(34)41)59-51-25-13-10-20-42(51)44-29-27-36(31-53(44)59)48-33-49-43-21-11-14-26-52(43)60(55(49)45-22-8-7-19-40(45)48)56-57-50-24-12-9-23-46(50)54(58-56)35-15-3-2-4-16-35/h2-34H,1H3. The van der Waals surface area contributed by atoms with E-state index >= 15 is 0 Å². The summed E-state index contributed by atoms with van der Waals surface area (Å²) in [6.45, 7) is 2.34. The summed E-state index contributed by atoms with van der Waals surface area (Å²) in [7, 11) is 0. The number of benzene rings is 9. The molecule has 4 nitrogen and oxygen atoms in total. The van der Waals surface area contributed by atoms with E-state index in [0.29, 0.717) is 11.9 Å². The van der Waals surface area contributed by atoms with Gasteiger partial charge in [0.25, 0.3) is 0 Å². The molecule has 0 amide bonds. The molecule has 1 atom stereocenters. The quantitative estimate of drug-likeness (QED) is 0.179. The zero-order chi connectivity index (χ0) is 39.5. The molecular weight excluding hydrogens is 729 g/mol. The van der Waals surface area contributed by atoms with Crippen LogP contribution in [0.3, 0.4) is 0 Å². The highest BCUT2D eigenvalue weighted by molar-refractivity contribution is 6.22. The van der Waals surface area contributed by atoms with Crippen molar-refractivity contribution in [2.45, 2.75) is 12.8 Å². The molecule has 3 heterocycles. The first kappa shape index (κ1) is 33.2. The molecule has 1 aliphatic rings. The first-order chi connectivity index (χ1) is 29.7. The molecule has 0 radical (unpaired) electrons. The molecule has 13 rings (SSSR count). The maximum absolute atomic E-state index is 5.38. The molecular formula is C56H36N4. The Morgan fingerprint density at radius 2 is 1.02 bits per heavy atom. The Labute approximate surface area is 346 Å². The number of rotatable bonds is 4. The summed E-state index contributed by atoms with van der Waals surface area (Å²) in [5.74, 6) is 0.999. The predicted molar refractivity (Wildman–Crippen MR) is 250 cm³/mol. The van der Waals surface area contributed by atoms with Gasteiger partial charge in [-0.2, -0.15) is 0 Å². The lowest BCUT2D eigenvalue weighted by molar-refractivity contribution is 0.953. The fourth-order valence-electron chi connectivity index (χ4n) is 10.2. The highest BCUT2D eigenvalue weighted by Gasteiger charge is 2.26. The summed E-state index contributed by atoms with van der Waals surface area (Å²) in [4.78, 5) is 10.7. The van der Waals surface area contributed by atoms with Crippen molar-refractivity contribution >= 4 is 65.3 Å². The van der Waals surface area contributed by atoms with Gasteiger partial charge in [-0.25, -0.2) is 9.97 Å². The Kier molecular flexibility index (Phi) is 6.96. The summed E-state index contributed by atoms with van der Waals surface area (Å²) in [5, 5.41) is 8.22. The van der Waals surface area contributed by atoms with Gasteiger partial charge in [0, 0.05) is 49.5 Å². The van der Waals surface area contributed by atoms with Crippen LogP contribution in [-0.2, 0) is 0 Å². The molecule has 4 heteroatoms. The van der Waals surface area contributed by atoms with Gasteiger partial charge in [0.15, 0.2) is 0 Å². The predicted octanol–water partition coefficient (Wildman–Crippen LogP) is 14.4. The zero-order valence-corrected chi connectivity index (χ0v) is 32.8. The van der Waals surface area contributed by atoms with Crippen LogP contribution < -0.4 is 0 Å². The van der Waals surface area contributed by atoms with Crippen LogP contribution in [0.2, 0.25) is 0 Å². The van der Waals surface area contributed by atoms with E-state index in [0.717, 1.165) is 38.6 Å². The molecule has 0 spiro atoms. The Balaban J connectivity index is 1.06. The number of hydrogen-bond donors (Lipinski definition) is 0. The van der Waals surface area contributed by atoms with Crippen molar-refractivity contribution in [1.29, 1.82) is 0 Å². The summed E-state index contributed by atoms with van der Waals surface area (Å²) in [5.41, 5.74) is 16.5. The van der Waals surface area contributed by atoms with Gasteiger partial charge in [-0.15, -0.1) is 0 Å². The zero-order valence-electron chi connectivity index (χ0n) is 32.8. The molecule has 1 aliphatic carbocycles. The Morgan fingerprint density at radius 3 is 1.85 bits per heavy atom. The van der Waals surface area contributed by atoms with Gasteiger partial charge in [-0.3, -0.25) is 4.57 Å². The molecule has 0 N–H and O–H groups in total. The number of para-hydroxylation sites is 3. The van der Waals surface area contributed by atoms with Crippen LogP contribution in [0.5, 0.6) is 0 Å². The molecule has 280 valence electrons. The van der Waals surface area contributed by atoms with Crippen LogP contribution in [0, 0.1) is 0 Å². The van der Waals surface area contributed by atoms with Crippen molar-refractivity contribution in [3.63, 3.8) is 0 Å². The van der Waals surface area contributed by atoms with E-state index in [1.54, 1.807) is 0 Å². The third kappa shape index (κ3) is 4.67. The topological polar surface area (TPSA) is 35.6 Å². The van der Waals surface area contributed by atoms with E-state index < -0.39 is 0 Å². The smallest absolute Gasteiger partial charge is 0.235 e. The van der Waals surface area contributed by atoms with Gasteiger partial charge < -0.3 is 4.57 Å². The van der Waals surface area contributed by atoms with E-state index in [9.17, 15) is 0 Å². The molecule has 12 aromatic rings. The van der Waals surface area contributed by atoms with E-state index in [-0.39, 0.29) is 0 Å². The van der Waals surface area contributed by atoms with Crippen molar-refractivity contribution in [3.8, 4) is 45.1 Å². The van der Waals surface area contributed by atoms with Crippen LogP contribution in [0.4, 0.5) is 0 Å². The van der Waals surface area contributed by atoms with Gasteiger partial charge >= 0.3 is 0 Å². The highest BCUT2D eigenvalue weighted by Crippen LogP contribution is 2.47. The second-order valence-corrected chi connectivity index (χ2v) is 16.1. The van der Waals surface area contributed by atoms with Crippen molar-refractivity contribution in [3.05, 3.63) is 205 Å². The van der Waals surface area contributed by atoms with Crippen LogP contribution >= 0.6 is 0 Å². The average Bonchev–Trinajstić information content (AvgIpc) is 3.93. The SMILES string of the molecule is CC1c2ccccc2-c2ccc(-n3c4ccccc4c4ccc(-c5cc6c7ccccc7n(-c7nc(-c8ccccc8)c8ccccc8n7)c6c6ccccc56)cc43)cc21. The summed E-state index contributed by atoms with van der Waals surface area (Å²) in [6, 6.07) is 70.5. The van der Waals surface area contributed by atoms with E-state index in [2.05, 4.69) is 210 Å². The Morgan fingerprint density at radius 1 is 0.383 bits per heavy atom. The minimum Gasteiger partial charge on any atom is -0.309 e. The summed E-state index contributed by atoms with van der Waals surface area (Å²) < 4.78 is 4.75. The average molecular weight is 765 g/mol. The Bertz CT molecular complexity index is 3740. The molecule has 1 unspecified atom stereocenters. The van der Waals surface area contributed by atoms with Crippen LogP contribution in [-0.4, -0.2) is 19.1 Å². The van der Waals surface area contributed by atoms with Gasteiger partial charge in [0.2, 0.25) is 5.95 Å². The minimum atomic E-state index is 0.338. The minimum absolute atomic E-state index is 0.338. The number of fused-ring (bicyclic) bond motifs is 12. The third-order valence-electron chi connectivity index (χ3n) is 13.0. The van der Waals surface area contributed by atoms with Gasteiger partial charge in [0.05, 0.1) is 33.3 Å². The number of hydrogen-bond acceptors (Lipinski definition) is 2. The van der Waals surface area contributed by atoms with E-state index in [1.165, 1.54) is 77.0 Å². The van der Waals surface area contributed by atoms with Gasteiger partial charge in [0.1, 0.15) is 0 Å². The van der Waals surface area contributed by atoms with Crippen molar-refractivity contribution < 1.29 is 0 Å². The van der Waals surface area contributed by atoms with Crippen LogP contribution in [0.1, 0.15) is 24.0 Å². The molecule has 0 saturated carbocycles. The fraction of sp³-hybridized carbons (Fsp3) is 0.0357. The van der Waals surface area contributed by atoms with Crippen molar-refractivity contribution in [2.24, 2.45) is 0 Å². The monoisotopic (exact) mass is 764 g/mol. The first-order valence-electron chi connectivity index (χ1n) is 20.7. The highest BCUT2D eigenvalue weighted by atomic mass is 15.2. The molecule has 3 aromatic heterocycles. The van der Waals surface area contributed by atoms with E-state index in [4.69, 9.17) is 9.97 Å². The van der Waals surface area contributed by atoms with Crippen LogP contribution in [0.15, 0.2) is 194 Å². The fourth-order valence-corrected chi connectivity index (χ4v) is 10.2. The maximum atomic E-state index is 5.38. The lowest BCUT2D eigenvalue weighted by atomic mass is 9.94. The number of nitrogens with zero attached hydrogens (tertiary/aromatic N) is 4. The molecule has 0 bridgehead atoms. The largest absolute Gasteiger partial charge is 0.309 e. The second kappa shape index (κ2) is 12.6. The van der Waals surface area contributed by atoms with E-state index in [1.807, 2.05) is 0 Å². The summed E-state index contributed by atoms with van der Waals surface area (Å²) in [6.07, 6.45) is 0. The molecule has 0 aliphatic heterocycles. The number of aromatic nitrogens is 4. The van der Waals surface area contributed by atoms with Crippen molar-refractivity contribution in [2.75, 3.05) is 0 Å². The van der Waals surface area contributed by atoms with Gasteiger partial charge in [-0.1, -0.05) is 159 Å². The summed E-state index contributed by atoms with van der Waals surface area (Å²) >= 11 is 0. The molecule has 0 fully saturated rings. The lowest BCUT2D eigenvalue weighted by Gasteiger charge is -2.15. The third-order valence-corrected chi connectivity index (χ3v) is 13.0. The lowest BCUT2D eigenvalue weighted by Crippen LogP contribution is -2.03. The Hall–Kier alpha value is -7.82. The first-order valence-corrected chi connectivity index (χ1v) is 20.7. The molecule has 9 aromatic carbocycles. The molecule has 60 heavy (non-hydrogen) atoms. The van der Waals surface area contributed by atoms with Gasteiger partial charge in [-0.05, 0) is 81.2 Å². The maximum Gasteiger partial charge on any atom is 0.235 e. The van der Waals surface area contributed by atoms with Crippen molar-refractivity contribution in [1.82, 2.24) is 19.1 Å². The second-order valence-electron chi connectivity index (χ2n) is 16.1.